The highest BCUT2D eigenvalue weighted by Crippen LogP contribution is 2.29. The van der Waals surface area contributed by atoms with Crippen LogP contribution in [0.2, 0.25) is 0 Å². The van der Waals surface area contributed by atoms with Crippen LogP contribution in [0.1, 0.15) is 50.3 Å². The normalized spacial score (nSPS) is 16.5. The number of benzene rings is 1. The number of hydrogen-bond acceptors (Lipinski definition) is 7. The molecule has 1 saturated carbocycles. The van der Waals surface area contributed by atoms with E-state index >= 15 is 0 Å². The Balaban J connectivity index is 1.66. The molecule has 0 aliphatic heterocycles. The molecule has 2 heterocycles. The minimum atomic E-state index is -0.881. The molecule has 0 amide bonds. The van der Waals surface area contributed by atoms with Gasteiger partial charge in [0.25, 0.3) is 5.56 Å². The van der Waals surface area contributed by atoms with Gasteiger partial charge in [0.15, 0.2) is 0 Å². The van der Waals surface area contributed by atoms with Crippen LogP contribution >= 0.6 is 0 Å². The van der Waals surface area contributed by atoms with Crippen molar-refractivity contribution in [1.29, 1.82) is 0 Å². The second-order valence-electron chi connectivity index (χ2n) is 9.85. The van der Waals surface area contributed by atoms with Crippen LogP contribution in [0.15, 0.2) is 35.3 Å². The van der Waals surface area contributed by atoms with Gasteiger partial charge in [-0.25, -0.2) is 4.98 Å². The number of aromatic nitrogens is 3. The molecule has 3 aromatic rings. The molecule has 0 saturated heterocycles. The van der Waals surface area contributed by atoms with Crippen LogP contribution in [0.4, 0.5) is 0 Å². The van der Waals surface area contributed by atoms with Crippen molar-refractivity contribution < 1.29 is 19.4 Å². The zero-order chi connectivity index (χ0) is 26.0. The highest BCUT2D eigenvalue weighted by molar-refractivity contribution is 5.82. The number of hydrogen-bond donors (Lipinski definition) is 2. The number of carbonyl (C=O) groups is 1. The quantitative estimate of drug-likeness (QED) is 0.416. The monoisotopic (exact) mass is 496 g/mol. The maximum atomic E-state index is 12.6. The van der Waals surface area contributed by atoms with E-state index < -0.39 is 18.1 Å². The third-order valence-electron chi connectivity index (χ3n) is 6.82. The van der Waals surface area contributed by atoms with E-state index in [0.717, 1.165) is 47.2 Å². The van der Waals surface area contributed by atoms with Crippen LogP contribution in [0, 0.1) is 6.92 Å². The topological polar surface area (TPSA) is 108 Å². The number of imidazole rings is 1. The number of carbonyl (C=O) groups excluding carboxylic acids is 1. The first-order chi connectivity index (χ1) is 17.2. The second kappa shape index (κ2) is 10.9. The van der Waals surface area contributed by atoms with Crippen molar-refractivity contribution in [3.05, 3.63) is 51.9 Å². The predicted molar refractivity (Wildman–Crippen MR) is 138 cm³/mol. The van der Waals surface area contributed by atoms with E-state index in [0.29, 0.717) is 18.7 Å². The zero-order valence-electron chi connectivity index (χ0n) is 21.7. The SMILES string of the molecule is COC[C@H](C)n1c(-c2cc(C)c(=O)n(C)c2)nc2ccc(CNC(C(=O)OC3CCC3)[C@@H](C)O)cc21. The van der Waals surface area contributed by atoms with Gasteiger partial charge in [-0.2, -0.15) is 0 Å². The Hall–Kier alpha value is -3.01. The maximum absolute atomic E-state index is 12.6. The fraction of sp³-hybridized carbons (Fsp3) is 0.519. The molecule has 1 aliphatic carbocycles. The summed E-state index contributed by atoms with van der Waals surface area (Å²) in [5, 5.41) is 13.4. The van der Waals surface area contributed by atoms with Crippen molar-refractivity contribution in [1.82, 2.24) is 19.4 Å². The molecule has 0 spiro atoms. The summed E-state index contributed by atoms with van der Waals surface area (Å²) in [5.74, 6) is 0.339. The van der Waals surface area contributed by atoms with Gasteiger partial charge in [0.1, 0.15) is 18.0 Å². The van der Waals surface area contributed by atoms with E-state index in [1.165, 1.54) is 0 Å². The van der Waals surface area contributed by atoms with E-state index in [-0.39, 0.29) is 17.7 Å². The van der Waals surface area contributed by atoms with Gasteiger partial charge in [-0.05, 0) is 63.8 Å². The summed E-state index contributed by atoms with van der Waals surface area (Å²) < 4.78 is 14.7. The molecule has 9 nitrogen and oxygen atoms in total. The van der Waals surface area contributed by atoms with Crippen molar-refractivity contribution in [3.63, 3.8) is 0 Å². The van der Waals surface area contributed by atoms with Gasteiger partial charge in [-0.15, -0.1) is 0 Å². The fourth-order valence-electron chi connectivity index (χ4n) is 4.62. The summed E-state index contributed by atoms with van der Waals surface area (Å²) in [5.41, 5.74) is 4.14. The average Bonchev–Trinajstić information content (AvgIpc) is 3.18. The molecule has 1 aliphatic rings. The van der Waals surface area contributed by atoms with Crippen LogP contribution in [0.5, 0.6) is 0 Å². The molecule has 4 rings (SSSR count). The number of esters is 1. The number of rotatable bonds is 10. The Morgan fingerprint density at radius 3 is 2.64 bits per heavy atom. The number of aliphatic hydroxyl groups is 1. The molecule has 9 heteroatoms. The fourth-order valence-corrected chi connectivity index (χ4v) is 4.62. The Labute approximate surface area is 211 Å². The summed E-state index contributed by atoms with van der Waals surface area (Å²) in [6, 6.07) is 6.99. The van der Waals surface area contributed by atoms with Crippen molar-refractivity contribution in [2.24, 2.45) is 7.05 Å². The third-order valence-corrected chi connectivity index (χ3v) is 6.82. The van der Waals surface area contributed by atoms with Crippen LogP contribution in [-0.2, 0) is 27.9 Å². The highest BCUT2D eigenvalue weighted by atomic mass is 16.5. The highest BCUT2D eigenvalue weighted by Gasteiger charge is 2.29. The van der Waals surface area contributed by atoms with Gasteiger partial charge in [0.05, 0.1) is 29.8 Å². The molecule has 1 aromatic carbocycles. The molecule has 0 radical (unpaired) electrons. The molecule has 1 unspecified atom stereocenters. The maximum Gasteiger partial charge on any atom is 0.326 e. The molecular weight excluding hydrogens is 460 g/mol. The van der Waals surface area contributed by atoms with Crippen molar-refractivity contribution >= 4 is 17.0 Å². The Morgan fingerprint density at radius 1 is 1.28 bits per heavy atom. The van der Waals surface area contributed by atoms with Crippen molar-refractivity contribution in [2.45, 2.75) is 70.9 Å². The summed E-state index contributed by atoms with van der Waals surface area (Å²) in [6.07, 6.45) is 3.73. The summed E-state index contributed by atoms with van der Waals surface area (Å²) in [6.45, 7) is 6.32. The lowest BCUT2D eigenvalue weighted by molar-refractivity contribution is -0.158. The minimum absolute atomic E-state index is 0.0154. The number of ether oxygens (including phenoxy) is 2. The first-order valence-electron chi connectivity index (χ1n) is 12.5. The molecule has 194 valence electrons. The van der Waals surface area contributed by atoms with E-state index in [9.17, 15) is 14.7 Å². The van der Waals surface area contributed by atoms with E-state index in [4.69, 9.17) is 14.5 Å². The standard InChI is InChI=1S/C27H36N4O5/c1-16-11-20(14-30(4)26(16)33)25-29-22-10-9-19(12-23(22)31(25)17(2)15-35-5)13-28-24(18(3)32)27(34)36-21-7-6-8-21/h9-12,14,17-18,21,24,28,32H,6-8,13,15H2,1-5H3/t17-,18+,24?/m0/s1. The average molecular weight is 497 g/mol. The van der Waals surface area contributed by atoms with E-state index in [2.05, 4.69) is 16.8 Å². The molecular formula is C27H36N4O5. The molecule has 1 fully saturated rings. The number of nitrogens with one attached hydrogen (secondary N) is 1. The van der Waals surface area contributed by atoms with E-state index in [1.807, 2.05) is 24.3 Å². The summed E-state index contributed by atoms with van der Waals surface area (Å²) in [4.78, 5) is 29.7. The largest absolute Gasteiger partial charge is 0.461 e. The number of nitrogens with zero attached hydrogens (tertiary/aromatic N) is 3. The number of aryl methyl sites for hydroxylation is 2. The van der Waals surface area contributed by atoms with Gasteiger partial charge >= 0.3 is 5.97 Å². The molecule has 2 aromatic heterocycles. The van der Waals surface area contributed by atoms with Gasteiger partial charge in [0.2, 0.25) is 0 Å². The smallest absolute Gasteiger partial charge is 0.326 e. The summed E-state index contributed by atoms with van der Waals surface area (Å²) >= 11 is 0. The third kappa shape index (κ3) is 5.38. The Morgan fingerprint density at radius 2 is 2.03 bits per heavy atom. The number of pyridine rings is 1. The number of methoxy groups -OCH3 is 1. The molecule has 3 atom stereocenters. The Kier molecular flexibility index (Phi) is 7.92. The molecule has 2 N–H and O–H groups in total. The van der Waals surface area contributed by atoms with Crippen LogP contribution in [0.3, 0.4) is 0 Å². The van der Waals surface area contributed by atoms with Crippen molar-refractivity contribution in [3.8, 4) is 11.4 Å². The lowest BCUT2D eigenvalue weighted by Gasteiger charge is -2.28. The molecule has 0 bridgehead atoms. The zero-order valence-corrected chi connectivity index (χ0v) is 21.7. The van der Waals surface area contributed by atoms with Gasteiger partial charge < -0.3 is 23.7 Å². The minimum Gasteiger partial charge on any atom is -0.461 e. The van der Waals surface area contributed by atoms with Crippen molar-refractivity contribution in [2.75, 3.05) is 13.7 Å². The lowest BCUT2D eigenvalue weighted by atomic mass is 9.96. The number of aliphatic hydroxyl groups excluding tert-OH is 1. The van der Waals surface area contributed by atoms with Gasteiger partial charge in [-0.1, -0.05) is 6.07 Å². The first kappa shape index (κ1) is 26.1. The lowest BCUT2D eigenvalue weighted by Crippen LogP contribution is -2.47. The second-order valence-corrected chi connectivity index (χ2v) is 9.85. The van der Waals surface area contributed by atoms with Crippen LogP contribution in [0.25, 0.3) is 22.4 Å². The van der Waals surface area contributed by atoms with Crippen LogP contribution in [-0.4, -0.2) is 57.2 Å². The Bertz CT molecular complexity index is 1270. The predicted octanol–water partition coefficient (Wildman–Crippen LogP) is 2.85. The summed E-state index contributed by atoms with van der Waals surface area (Å²) in [7, 11) is 3.41. The first-order valence-corrected chi connectivity index (χ1v) is 12.5. The molecule has 36 heavy (non-hydrogen) atoms. The van der Waals surface area contributed by atoms with Gasteiger partial charge in [-0.3, -0.25) is 14.9 Å². The van der Waals surface area contributed by atoms with Crippen LogP contribution < -0.4 is 10.9 Å². The van der Waals surface area contributed by atoms with Gasteiger partial charge in [0, 0.05) is 38.0 Å². The van der Waals surface area contributed by atoms with E-state index in [1.54, 1.807) is 38.8 Å². The number of fused-ring (bicyclic) bond motifs is 1.